The average molecular weight is 364 g/mol. The van der Waals surface area contributed by atoms with Crippen LogP contribution in [-0.2, 0) is 11.2 Å². The van der Waals surface area contributed by atoms with Crippen LogP contribution in [0.15, 0.2) is 36.4 Å². The lowest BCUT2D eigenvalue weighted by molar-refractivity contribution is -0.116. The first kappa shape index (κ1) is 18.8. The number of anilines is 1. The number of carbonyl (C=O) groups excluding carboxylic acids is 3. The van der Waals surface area contributed by atoms with Crippen LogP contribution < -0.4 is 5.32 Å². The summed E-state index contributed by atoms with van der Waals surface area (Å²) in [5.74, 6) is -0.652. The van der Waals surface area contributed by atoms with Crippen LogP contribution in [0.3, 0.4) is 0 Å². The van der Waals surface area contributed by atoms with E-state index < -0.39 is 0 Å². The van der Waals surface area contributed by atoms with Gasteiger partial charge in [-0.05, 0) is 49.9 Å². The van der Waals surface area contributed by atoms with Gasteiger partial charge in [-0.25, -0.2) is 0 Å². The number of rotatable bonds is 6. The van der Waals surface area contributed by atoms with E-state index in [0.717, 1.165) is 28.8 Å². The first-order valence-electron chi connectivity index (χ1n) is 9.27. The van der Waals surface area contributed by atoms with Crippen LogP contribution in [0.1, 0.15) is 57.2 Å². The van der Waals surface area contributed by atoms with E-state index in [9.17, 15) is 14.4 Å². The van der Waals surface area contributed by atoms with Gasteiger partial charge in [0, 0.05) is 18.7 Å². The second-order valence-electron chi connectivity index (χ2n) is 6.93. The number of hydrogen-bond acceptors (Lipinski definition) is 3. The lowest BCUT2D eigenvalue weighted by atomic mass is 10.1. The quantitative estimate of drug-likeness (QED) is 0.791. The van der Waals surface area contributed by atoms with E-state index in [4.69, 9.17) is 0 Å². The van der Waals surface area contributed by atoms with Crippen LogP contribution in [0.25, 0.3) is 0 Å². The van der Waals surface area contributed by atoms with E-state index in [1.54, 1.807) is 12.1 Å². The second kappa shape index (κ2) is 7.74. The number of benzene rings is 2. The van der Waals surface area contributed by atoms with Gasteiger partial charge >= 0.3 is 0 Å². The fourth-order valence-corrected chi connectivity index (χ4v) is 3.41. The third-order valence-electron chi connectivity index (χ3n) is 4.92. The Labute approximate surface area is 159 Å². The van der Waals surface area contributed by atoms with Crippen LogP contribution in [-0.4, -0.2) is 29.2 Å². The van der Waals surface area contributed by atoms with Crippen molar-refractivity contribution in [2.45, 2.75) is 40.0 Å². The Bertz CT molecular complexity index is 918. The summed E-state index contributed by atoms with van der Waals surface area (Å²) in [5, 5.41) is 2.97. The summed E-state index contributed by atoms with van der Waals surface area (Å²) in [6.45, 7) is 6.15. The minimum atomic E-state index is -0.275. The standard InChI is InChI=1S/C22H24N2O3/c1-4-16-8-5-7-15(3)20(16)23-19(25)9-6-12-24-21(26)17-11-10-14(2)13-18(17)22(24)27/h5,7-8,10-11,13H,4,6,9,12H2,1-3H3,(H,23,25). The van der Waals surface area contributed by atoms with Crippen molar-refractivity contribution in [1.82, 2.24) is 4.90 Å². The van der Waals surface area contributed by atoms with Gasteiger partial charge in [-0.1, -0.05) is 36.8 Å². The molecule has 0 saturated heterocycles. The van der Waals surface area contributed by atoms with Crippen LogP contribution >= 0.6 is 0 Å². The molecule has 0 fully saturated rings. The van der Waals surface area contributed by atoms with Crippen molar-refractivity contribution in [3.05, 3.63) is 64.2 Å². The molecule has 0 saturated carbocycles. The highest BCUT2D eigenvalue weighted by atomic mass is 16.2. The number of para-hydroxylation sites is 1. The van der Waals surface area contributed by atoms with Gasteiger partial charge in [-0.3, -0.25) is 19.3 Å². The molecule has 27 heavy (non-hydrogen) atoms. The Morgan fingerprint density at radius 1 is 1.04 bits per heavy atom. The van der Waals surface area contributed by atoms with E-state index >= 15 is 0 Å². The zero-order chi connectivity index (χ0) is 19.6. The van der Waals surface area contributed by atoms with Crippen LogP contribution in [0.4, 0.5) is 5.69 Å². The molecule has 1 heterocycles. The second-order valence-corrected chi connectivity index (χ2v) is 6.93. The highest BCUT2D eigenvalue weighted by Crippen LogP contribution is 2.25. The van der Waals surface area contributed by atoms with Gasteiger partial charge in [0.05, 0.1) is 11.1 Å². The molecule has 0 unspecified atom stereocenters. The van der Waals surface area contributed by atoms with Crippen molar-refractivity contribution >= 4 is 23.4 Å². The van der Waals surface area contributed by atoms with Crippen molar-refractivity contribution in [2.24, 2.45) is 0 Å². The normalized spacial score (nSPS) is 13.1. The molecular formula is C22H24N2O3. The molecule has 5 nitrogen and oxygen atoms in total. The third-order valence-corrected chi connectivity index (χ3v) is 4.92. The van der Waals surface area contributed by atoms with Crippen molar-refractivity contribution in [3.63, 3.8) is 0 Å². The average Bonchev–Trinajstić information content (AvgIpc) is 2.87. The first-order valence-corrected chi connectivity index (χ1v) is 9.27. The maximum atomic E-state index is 12.5. The molecule has 2 aromatic rings. The number of carbonyl (C=O) groups is 3. The molecule has 3 rings (SSSR count). The molecule has 2 aromatic carbocycles. The van der Waals surface area contributed by atoms with Gasteiger partial charge in [0.1, 0.15) is 0 Å². The van der Waals surface area contributed by atoms with E-state index in [1.807, 2.05) is 38.1 Å². The summed E-state index contributed by atoms with van der Waals surface area (Å²) < 4.78 is 0. The fourth-order valence-electron chi connectivity index (χ4n) is 3.41. The molecule has 0 spiro atoms. The van der Waals surface area contributed by atoms with Crippen LogP contribution in [0.5, 0.6) is 0 Å². The number of aryl methyl sites for hydroxylation is 3. The molecule has 1 aliphatic rings. The Morgan fingerprint density at radius 2 is 1.78 bits per heavy atom. The lowest BCUT2D eigenvalue weighted by Crippen LogP contribution is -2.31. The summed E-state index contributed by atoms with van der Waals surface area (Å²) in [5.41, 5.74) is 4.83. The number of hydrogen-bond donors (Lipinski definition) is 1. The van der Waals surface area contributed by atoms with Gasteiger partial charge in [0.2, 0.25) is 5.91 Å². The minimum Gasteiger partial charge on any atom is -0.326 e. The molecular weight excluding hydrogens is 340 g/mol. The highest BCUT2D eigenvalue weighted by Gasteiger charge is 2.34. The Balaban J connectivity index is 1.59. The third kappa shape index (κ3) is 3.77. The van der Waals surface area contributed by atoms with Gasteiger partial charge in [0.15, 0.2) is 0 Å². The fraction of sp³-hybridized carbons (Fsp3) is 0.318. The van der Waals surface area contributed by atoms with Crippen LogP contribution in [0, 0.1) is 13.8 Å². The predicted octanol–water partition coefficient (Wildman–Crippen LogP) is 3.88. The van der Waals surface area contributed by atoms with Gasteiger partial charge in [-0.15, -0.1) is 0 Å². The zero-order valence-electron chi connectivity index (χ0n) is 16.0. The predicted molar refractivity (Wildman–Crippen MR) is 105 cm³/mol. The summed E-state index contributed by atoms with van der Waals surface area (Å²) >= 11 is 0. The van der Waals surface area contributed by atoms with E-state index in [0.29, 0.717) is 17.5 Å². The topological polar surface area (TPSA) is 66.5 Å². The van der Waals surface area contributed by atoms with E-state index in [1.165, 1.54) is 4.90 Å². The Hall–Kier alpha value is -2.95. The van der Waals surface area contributed by atoms with E-state index in [2.05, 4.69) is 12.2 Å². The van der Waals surface area contributed by atoms with Crippen molar-refractivity contribution < 1.29 is 14.4 Å². The maximum absolute atomic E-state index is 12.5. The smallest absolute Gasteiger partial charge is 0.261 e. The number of nitrogens with zero attached hydrogens (tertiary/aromatic N) is 1. The SMILES string of the molecule is CCc1cccc(C)c1NC(=O)CCCN1C(=O)c2ccc(C)cc2C1=O. The number of fused-ring (bicyclic) bond motifs is 1. The molecule has 0 aromatic heterocycles. The molecule has 140 valence electrons. The molecule has 0 aliphatic carbocycles. The molecule has 5 heteroatoms. The van der Waals surface area contributed by atoms with Gasteiger partial charge in [-0.2, -0.15) is 0 Å². The van der Waals surface area contributed by atoms with Gasteiger partial charge in [0.25, 0.3) is 11.8 Å². The van der Waals surface area contributed by atoms with Gasteiger partial charge < -0.3 is 5.32 Å². The molecule has 0 atom stereocenters. The minimum absolute atomic E-state index is 0.105. The highest BCUT2D eigenvalue weighted by molar-refractivity contribution is 6.21. The van der Waals surface area contributed by atoms with Crippen LogP contribution in [0.2, 0.25) is 0 Å². The molecule has 1 N–H and O–H groups in total. The lowest BCUT2D eigenvalue weighted by Gasteiger charge is -2.15. The molecule has 0 radical (unpaired) electrons. The summed E-state index contributed by atoms with van der Waals surface area (Å²) in [4.78, 5) is 38.4. The summed E-state index contributed by atoms with van der Waals surface area (Å²) in [6.07, 6.45) is 1.53. The Kier molecular flexibility index (Phi) is 5.40. The first-order chi connectivity index (χ1) is 12.9. The van der Waals surface area contributed by atoms with Crippen molar-refractivity contribution in [2.75, 3.05) is 11.9 Å². The number of nitrogens with one attached hydrogen (secondary N) is 1. The van der Waals surface area contributed by atoms with Crippen molar-refractivity contribution in [1.29, 1.82) is 0 Å². The molecule has 0 bridgehead atoms. The zero-order valence-corrected chi connectivity index (χ0v) is 16.0. The monoisotopic (exact) mass is 364 g/mol. The largest absolute Gasteiger partial charge is 0.326 e. The molecule has 1 aliphatic heterocycles. The molecule has 3 amide bonds. The summed E-state index contributed by atoms with van der Waals surface area (Å²) in [6, 6.07) is 11.2. The number of amides is 3. The summed E-state index contributed by atoms with van der Waals surface area (Å²) in [7, 11) is 0. The number of imide groups is 1. The van der Waals surface area contributed by atoms with Crippen molar-refractivity contribution in [3.8, 4) is 0 Å². The maximum Gasteiger partial charge on any atom is 0.261 e. The Morgan fingerprint density at radius 3 is 2.52 bits per heavy atom. The van der Waals surface area contributed by atoms with E-state index in [-0.39, 0.29) is 30.7 Å².